The summed E-state index contributed by atoms with van der Waals surface area (Å²) in [5, 5.41) is 12.8. The summed E-state index contributed by atoms with van der Waals surface area (Å²) in [6.45, 7) is -0.294. The van der Waals surface area contributed by atoms with Gasteiger partial charge < -0.3 is 10.6 Å². The van der Waals surface area contributed by atoms with Gasteiger partial charge in [-0.05, 0) is 54.6 Å². The first kappa shape index (κ1) is 32.6. The van der Waals surface area contributed by atoms with Gasteiger partial charge in [-0.15, -0.1) is 10.2 Å². The van der Waals surface area contributed by atoms with Crippen LogP contribution in [0.1, 0.15) is 27.3 Å². The van der Waals surface area contributed by atoms with E-state index in [9.17, 15) is 35.9 Å². The summed E-state index contributed by atoms with van der Waals surface area (Å²) in [5.41, 5.74) is -2.17. The molecule has 2 amide bonds. The van der Waals surface area contributed by atoms with Gasteiger partial charge >= 0.3 is 12.4 Å². The van der Waals surface area contributed by atoms with Crippen LogP contribution in [-0.2, 0) is 23.7 Å². The van der Waals surface area contributed by atoms with Gasteiger partial charge in [-0.25, -0.2) is 0 Å². The van der Waals surface area contributed by atoms with Gasteiger partial charge in [0.2, 0.25) is 5.91 Å². The van der Waals surface area contributed by atoms with Crippen LogP contribution in [0.2, 0.25) is 10.0 Å². The molecule has 4 rings (SSSR count). The number of benzene rings is 3. The number of nitrogens with one attached hydrogen (secondary N) is 2. The smallest absolute Gasteiger partial charge is 0.345 e. The van der Waals surface area contributed by atoms with E-state index in [4.69, 9.17) is 23.2 Å². The van der Waals surface area contributed by atoms with Gasteiger partial charge in [-0.1, -0.05) is 57.0 Å². The van der Waals surface area contributed by atoms with E-state index in [1.807, 2.05) is 0 Å². The number of rotatable bonds is 8. The fourth-order valence-corrected chi connectivity index (χ4v) is 5.13. The monoisotopic (exact) mass is 725 g/mol. The van der Waals surface area contributed by atoms with E-state index in [1.165, 1.54) is 28.8 Å². The van der Waals surface area contributed by atoms with Crippen molar-refractivity contribution < 1.29 is 35.9 Å². The van der Waals surface area contributed by atoms with E-state index in [2.05, 4.69) is 36.8 Å². The van der Waals surface area contributed by atoms with Crippen LogP contribution >= 0.6 is 50.9 Å². The minimum absolute atomic E-state index is 0.0163. The third-order valence-corrected chi connectivity index (χ3v) is 7.69. The first-order valence-corrected chi connectivity index (χ1v) is 14.3. The Kier molecular flexibility index (Phi) is 9.99. The normalized spacial score (nSPS) is 11.8. The molecule has 0 fully saturated rings. The molecule has 0 aliphatic carbocycles. The highest BCUT2D eigenvalue weighted by Gasteiger charge is 2.32. The van der Waals surface area contributed by atoms with Crippen LogP contribution in [0.3, 0.4) is 0 Å². The lowest BCUT2D eigenvalue weighted by Crippen LogP contribution is -2.25. The van der Waals surface area contributed by atoms with Crippen LogP contribution < -0.4 is 10.6 Å². The molecule has 0 saturated heterocycles. The summed E-state index contributed by atoms with van der Waals surface area (Å²) < 4.78 is 81.4. The molecule has 0 unspecified atom stereocenters. The maximum absolute atomic E-state index is 13.5. The average molecular weight is 727 g/mol. The zero-order chi connectivity index (χ0) is 31.5. The summed E-state index contributed by atoms with van der Waals surface area (Å²) in [5.74, 6) is -1.79. The van der Waals surface area contributed by atoms with Crippen LogP contribution in [0.25, 0.3) is 5.69 Å². The highest BCUT2D eigenvalue weighted by Crippen LogP contribution is 2.35. The van der Waals surface area contributed by atoms with Gasteiger partial charge in [0.25, 0.3) is 5.91 Å². The second-order valence-electron chi connectivity index (χ2n) is 8.62. The number of nitrogens with zero attached hydrogens (tertiary/aromatic N) is 3. The van der Waals surface area contributed by atoms with Crippen LogP contribution in [0, 0.1) is 0 Å². The Morgan fingerprint density at radius 2 is 1.56 bits per heavy atom. The molecule has 1 aromatic heterocycles. The van der Waals surface area contributed by atoms with Gasteiger partial charge in [0.15, 0.2) is 11.0 Å². The Morgan fingerprint density at radius 1 is 0.884 bits per heavy atom. The maximum atomic E-state index is 13.5. The van der Waals surface area contributed by atoms with Crippen molar-refractivity contribution >= 4 is 68.4 Å². The minimum Gasteiger partial charge on any atom is -0.345 e. The van der Waals surface area contributed by atoms with Gasteiger partial charge in [-0.2, -0.15) is 26.3 Å². The molecular weight excluding hydrogens is 711 g/mol. The fourth-order valence-electron chi connectivity index (χ4n) is 3.63. The van der Waals surface area contributed by atoms with Crippen LogP contribution in [0.4, 0.5) is 32.0 Å². The number of anilines is 1. The van der Waals surface area contributed by atoms with Gasteiger partial charge in [0.1, 0.15) is 0 Å². The van der Waals surface area contributed by atoms with Crippen molar-refractivity contribution in [2.45, 2.75) is 24.1 Å². The van der Waals surface area contributed by atoms with E-state index in [-0.39, 0.29) is 44.5 Å². The predicted octanol–water partition coefficient (Wildman–Crippen LogP) is 8.04. The number of hydrogen-bond donors (Lipinski definition) is 2. The van der Waals surface area contributed by atoms with Crippen molar-refractivity contribution in [1.29, 1.82) is 0 Å². The molecule has 3 aromatic carbocycles. The number of aromatic nitrogens is 3. The number of amides is 2. The SMILES string of the molecule is O=C(CSc1nnc(CNC(=O)c2cc(Br)ccc2Cl)n1-c1cccc(C(F)(F)F)c1)Nc1cc(C(F)(F)F)ccc1Cl. The van der Waals surface area contributed by atoms with E-state index in [0.29, 0.717) is 10.5 Å². The molecule has 226 valence electrons. The van der Waals surface area contributed by atoms with Crippen LogP contribution in [0.5, 0.6) is 0 Å². The molecule has 0 saturated carbocycles. The molecule has 4 aromatic rings. The van der Waals surface area contributed by atoms with E-state index >= 15 is 0 Å². The largest absolute Gasteiger partial charge is 0.416 e. The van der Waals surface area contributed by atoms with Crippen molar-refractivity contribution in [3.8, 4) is 5.69 Å². The lowest BCUT2D eigenvalue weighted by Gasteiger charge is -2.14. The number of thioether (sulfide) groups is 1. The number of halogens is 9. The Balaban J connectivity index is 1.59. The molecule has 0 aliphatic heterocycles. The Labute approximate surface area is 262 Å². The third-order valence-electron chi connectivity index (χ3n) is 5.61. The fraction of sp³-hybridized carbons (Fsp3) is 0.154. The number of carbonyl (C=O) groups excluding carboxylic acids is 2. The molecule has 0 spiro atoms. The first-order chi connectivity index (χ1) is 20.1. The highest BCUT2D eigenvalue weighted by molar-refractivity contribution is 9.10. The minimum atomic E-state index is -4.67. The maximum Gasteiger partial charge on any atom is 0.416 e. The third kappa shape index (κ3) is 8.22. The Morgan fingerprint density at radius 3 is 2.26 bits per heavy atom. The molecule has 0 radical (unpaired) electrons. The summed E-state index contributed by atoms with van der Waals surface area (Å²) >= 11 is 16.0. The summed E-state index contributed by atoms with van der Waals surface area (Å²) in [6, 6.07) is 11.2. The van der Waals surface area contributed by atoms with Crippen LogP contribution in [-0.4, -0.2) is 32.3 Å². The summed E-state index contributed by atoms with van der Waals surface area (Å²) in [4.78, 5) is 25.4. The van der Waals surface area contributed by atoms with Gasteiger partial charge in [0.05, 0.1) is 50.4 Å². The van der Waals surface area contributed by atoms with Gasteiger partial charge in [0, 0.05) is 4.47 Å². The number of alkyl halides is 6. The first-order valence-electron chi connectivity index (χ1n) is 11.8. The lowest BCUT2D eigenvalue weighted by atomic mass is 10.2. The van der Waals surface area contributed by atoms with Gasteiger partial charge in [-0.3, -0.25) is 14.2 Å². The average Bonchev–Trinajstić information content (AvgIpc) is 3.35. The molecule has 7 nitrogen and oxygen atoms in total. The van der Waals surface area contributed by atoms with Crippen molar-refractivity contribution in [1.82, 2.24) is 20.1 Å². The predicted molar refractivity (Wildman–Crippen MR) is 152 cm³/mol. The second-order valence-corrected chi connectivity index (χ2v) is 11.3. The summed E-state index contributed by atoms with van der Waals surface area (Å²) in [7, 11) is 0. The topological polar surface area (TPSA) is 88.9 Å². The molecular formula is C26H16BrCl2F6N5O2S. The molecule has 17 heteroatoms. The number of carbonyl (C=O) groups is 2. The second kappa shape index (κ2) is 13.2. The van der Waals surface area contributed by atoms with Crippen molar-refractivity contribution in [2.75, 3.05) is 11.1 Å². The lowest BCUT2D eigenvalue weighted by molar-refractivity contribution is -0.138. The van der Waals surface area contributed by atoms with Crippen LogP contribution in [0.15, 0.2) is 70.3 Å². The highest BCUT2D eigenvalue weighted by atomic mass is 79.9. The van der Waals surface area contributed by atoms with Crippen molar-refractivity contribution in [3.63, 3.8) is 0 Å². The van der Waals surface area contributed by atoms with Crippen molar-refractivity contribution in [2.24, 2.45) is 0 Å². The summed E-state index contributed by atoms with van der Waals surface area (Å²) in [6.07, 6.45) is -9.35. The zero-order valence-electron chi connectivity index (χ0n) is 21.2. The molecule has 0 atom stereocenters. The molecule has 2 N–H and O–H groups in total. The quantitative estimate of drug-likeness (QED) is 0.142. The molecule has 0 bridgehead atoms. The Hall–Kier alpha value is -3.27. The van der Waals surface area contributed by atoms with E-state index < -0.39 is 41.0 Å². The van der Waals surface area contributed by atoms with Crippen molar-refractivity contribution in [3.05, 3.63) is 97.7 Å². The molecule has 0 aliphatic rings. The molecule has 1 heterocycles. The Bertz CT molecular complexity index is 1680. The zero-order valence-corrected chi connectivity index (χ0v) is 25.1. The standard InChI is InChI=1S/C26H16BrCl2F6N5O2S/c27-15-5-7-18(28)17(10-15)23(42)36-11-21-38-39-24(40(21)16-3-1-2-13(8-16)25(30,31)32)43-12-22(41)37-20-9-14(26(33,34)35)4-6-19(20)29/h1-10H,11-12H2,(H,36,42)(H,37,41). The van der Waals surface area contributed by atoms with E-state index in [1.54, 1.807) is 6.07 Å². The van der Waals surface area contributed by atoms with E-state index in [0.717, 1.165) is 36.0 Å². The molecule has 43 heavy (non-hydrogen) atoms. The number of hydrogen-bond acceptors (Lipinski definition) is 5.